The number of rotatable bonds is 3. The Bertz CT molecular complexity index is 715. The number of halogens is 1. The molecule has 0 bridgehead atoms. The van der Waals surface area contributed by atoms with Crippen molar-refractivity contribution in [2.45, 2.75) is 42.5 Å². The van der Waals surface area contributed by atoms with Crippen LogP contribution in [0.4, 0.5) is 5.69 Å². The molecule has 0 unspecified atom stereocenters. The van der Waals surface area contributed by atoms with Gasteiger partial charge in [0.2, 0.25) is 15.9 Å². The molecular formula is C15H22ClN3O3S. The van der Waals surface area contributed by atoms with E-state index in [0.717, 1.165) is 24.8 Å². The Kier molecular flexibility index (Phi) is 5.06. The van der Waals surface area contributed by atoms with Gasteiger partial charge in [0.1, 0.15) is 0 Å². The SMILES string of the molecule is CNS(=O)(=O)c1ccc2c(c1)N(C(=O)C1(N)CCCC1)CC2.Cl. The minimum absolute atomic E-state index is 0. The predicted molar refractivity (Wildman–Crippen MR) is 91.4 cm³/mol. The predicted octanol–water partition coefficient (Wildman–Crippen LogP) is 1.18. The van der Waals surface area contributed by atoms with Crippen molar-refractivity contribution in [2.24, 2.45) is 5.73 Å². The van der Waals surface area contributed by atoms with Crippen molar-refractivity contribution in [1.29, 1.82) is 0 Å². The lowest BCUT2D eigenvalue weighted by atomic mass is 9.97. The molecule has 1 amide bonds. The van der Waals surface area contributed by atoms with Gasteiger partial charge in [-0.05, 0) is 44.0 Å². The largest absolute Gasteiger partial charge is 0.317 e. The molecule has 23 heavy (non-hydrogen) atoms. The topological polar surface area (TPSA) is 92.5 Å². The molecule has 0 saturated heterocycles. The number of amides is 1. The Balaban J connectivity index is 0.00000192. The molecule has 1 aromatic carbocycles. The van der Waals surface area contributed by atoms with Crippen LogP contribution in [0.1, 0.15) is 31.2 Å². The van der Waals surface area contributed by atoms with Gasteiger partial charge in [0.05, 0.1) is 10.4 Å². The lowest BCUT2D eigenvalue weighted by Crippen LogP contribution is -2.53. The van der Waals surface area contributed by atoms with Crippen LogP contribution in [-0.2, 0) is 21.2 Å². The summed E-state index contributed by atoms with van der Waals surface area (Å²) < 4.78 is 26.2. The first-order valence-corrected chi connectivity index (χ1v) is 9.03. The molecule has 0 aromatic heterocycles. The zero-order valence-electron chi connectivity index (χ0n) is 13.0. The highest BCUT2D eigenvalue weighted by Gasteiger charge is 2.42. The summed E-state index contributed by atoms with van der Waals surface area (Å²) in [5.74, 6) is -0.0808. The van der Waals surface area contributed by atoms with Crippen molar-refractivity contribution in [1.82, 2.24) is 4.72 Å². The maximum atomic E-state index is 12.8. The normalized spacial score (nSPS) is 19.3. The smallest absolute Gasteiger partial charge is 0.247 e. The summed E-state index contributed by atoms with van der Waals surface area (Å²) >= 11 is 0. The molecule has 3 rings (SSSR count). The second-order valence-corrected chi connectivity index (χ2v) is 7.95. The van der Waals surface area contributed by atoms with Crippen LogP contribution in [0.2, 0.25) is 0 Å². The molecule has 0 spiro atoms. The summed E-state index contributed by atoms with van der Waals surface area (Å²) in [6.07, 6.45) is 4.07. The van der Waals surface area contributed by atoms with E-state index in [-0.39, 0.29) is 23.2 Å². The average molecular weight is 360 g/mol. The Labute approximate surface area is 142 Å². The summed E-state index contributed by atoms with van der Waals surface area (Å²) in [6.45, 7) is 0.566. The van der Waals surface area contributed by atoms with Crippen LogP contribution in [0.3, 0.4) is 0 Å². The standard InChI is InChI=1S/C15H21N3O3S.ClH/c1-17-22(20,21)12-5-4-11-6-9-18(13(11)10-12)14(19)15(16)7-2-3-8-15;/h4-5,10,17H,2-3,6-9,16H2,1H3;1H. The maximum Gasteiger partial charge on any atom is 0.247 e. The number of nitrogens with one attached hydrogen (secondary N) is 1. The van der Waals surface area contributed by atoms with Crippen molar-refractivity contribution in [3.63, 3.8) is 0 Å². The van der Waals surface area contributed by atoms with E-state index in [2.05, 4.69) is 4.72 Å². The first-order valence-electron chi connectivity index (χ1n) is 7.55. The molecule has 1 heterocycles. The van der Waals surface area contributed by atoms with E-state index in [0.29, 0.717) is 25.1 Å². The van der Waals surface area contributed by atoms with Crippen LogP contribution in [0.25, 0.3) is 0 Å². The van der Waals surface area contributed by atoms with Gasteiger partial charge in [0, 0.05) is 12.2 Å². The number of anilines is 1. The molecule has 2 aliphatic rings. The monoisotopic (exact) mass is 359 g/mol. The highest BCUT2D eigenvalue weighted by Crippen LogP contribution is 2.35. The van der Waals surface area contributed by atoms with Crippen molar-refractivity contribution < 1.29 is 13.2 Å². The number of carbonyl (C=O) groups excluding carboxylic acids is 1. The van der Waals surface area contributed by atoms with Gasteiger partial charge in [-0.15, -0.1) is 12.4 Å². The van der Waals surface area contributed by atoms with Crippen LogP contribution in [0.5, 0.6) is 0 Å². The summed E-state index contributed by atoms with van der Waals surface area (Å²) in [4.78, 5) is 14.6. The van der Waals surface area contributed by atoms with E-state index in [4.69, 9.17) is 5.73 Å². The third-order valence-corrected chi connectivity index (χ3v) is 6.11. The van der Waals surface area contributed by atoms with Gasteiger partial charge in [-0.1, -0.05) is 18.9 Å². The first-order chi connectivity index (χ1) is 10.4. The highest BCUT2D eigenvalue weighted by molar-refractivity contribution is 7.89. The summed E-state index contributed by atoms with van der Waals surface area (Å²) in [6, 6.07) is 4.93. The number of nitrogens with two attached hydrogens (primary N) is 1. The fourth-order valence-corrected chi connectivity index (χ4v) is 4.09. The number of sulfonamides is 1. The third kappa shape index (κ3) is 3.10. The van der Waals surface area contributed by atoms with Crippen molar-refractivity contribution in [3.05, 3.63) is 23.8 Å². The zero-order chi connectivity index (χ0) is 16.0. The van der Waals surface area contributed by atoms with E-state index < -0.39 is 15.6 Å². The lowest BCUT2D eigenvalue weighted by Gasteiger charge is -2.29. The number of benzene rings is 1. The molecule has 3 N–H and O–H groups in total. The van der Waals surface area contributed by atoms with E-state index in [1.807, 2.05) is 0 Å². The summed E-state index contributed by atoms with van der Waals surface area (Å²) in [5.41, 5.74) is 7.15. The zero-order valence-corrected chi connectivity index (χ0v) is 14.7. The minimum atomic E-state index is -3.52. The molecule has 128 valence electrons. The van der Waals surface area contributed by atoms with E-state index >= 15 is 0 Å². The molecule has 1 aromatic rings. The van der Waals surface area contributed by atoms with Crippen molar-refractivity contribution >= 4 is 34.0 Å². The number of carbonyl (C=O) groups is 1. The molecule has 6 nitrogen and oxygen atoms in total. The fourth-order valence-electron chi connectivity index (χ4n) is 3.34. The number of hydrogen-bond donors (Lipinski definition) is 2. The Hall–Kier alpha value is -1.15. The van der Waals surface area contributed by atoms with Crippen molar-refractivity contribution in [2.75, 3.05) is 18.5 Å². The van der Waals surface area contributed by atoms with E-state index in [1.54, 1.807) is 23.1 Å². The van der Waals surface area contributed by atoms with Gasteiger partial charge < -0.3 is 10.6 Å². The van der Waals surface area contributed by atoms with Crippen LogP contribution in [-0.4, -0.2) is 33.5 Å². The third-order valence-electron chi connectivity index (χ3n) is 4.70. The second-order valence-electron chi connectivity index (χ2n) is 6.07. The van der Waals surface area contributed by atoms with Crippen LogP contribution >= 0.6 is 12.4 Å². The molecule has 1 aliphatic carbocycles. The molecule has 0 atom stereocenters. The Morgan fingerprint density at radius 1 is 1.30 bits per heavy atom. The van der Waals surface area contributed by atoms with Gasteiger partial charge in [-0.25, -0.2) is 13.1 Å². The van der Waals surface area contributed by atoms with Gasteiger partial charge in [0.25, 0.3) is 0 Å². The van der Waals surface area contributed by atoms with Gasteiger partial charge >= 0.3 is 0 Å². The van der Waals surface area contributed by atoms with Crippen LogP contribution in [0, 0.1) is 0 Å². The molecule has 1 fully saturated rings. The quantitative estimate of drug-likeness (QED) is 0.847. The Morgan fingerprint density at radius 3 is 2.57 bits per heavy atom. The maximum absolute atomic E-state index is 12.8. The molecule has 8 heteroatoms. The average Bonchev–Trinajstić information content (AvgIpc) is 3.13. The van der Waals surface area contributed by atoms with E-state index in [1.165, 1.54) is 7.05 Å². The highest BCUT2D eigenvalue weighted by atomic mass is 35.5. The van der Waals surface area contributed by atoms with Gasteiger partial charge in [0.15, 0.2) is 0 Å². The lowest BCUT2D eigenvalue weighted by molar-refractivity contribution is -0.123. The molecular weight excluding hydrogens is 338 g/mol. The molecule has 1 saturated carbocycles. The fraction of sp³-hybridized carbons (Fsp3) is 0.533. The summed E-state index contributed by atoms with van der Waals surface area (Å²) in [7, 11) is -2.15. The number of fused-ring (bicyclic) bond motifs is 1. The second kappa shape index (κ2) is 6.39. The number of hydrogen-bond acceptors (Lipinski definition) is 4. The van der Waals surface area contributed by atoms with Gasteiger partial charge in [-0.2, -0.15) is 0 Å². The van der Waals surface area contributed by atoms with Crippen LogP contribution < -0.4 is 15.4 Å². The van der Waals surface area contributed by atoms with Crippen LogP contribution in [0.15, 0.2) is 23.1 Å². The summed E-state index contributed by atoms with van der Waals surface area (Å²) in [5, 5.41) is 0. The van der Waals surface area contributed by atoms with Gasteiger partial charge in [-0.3, -0.25) is 4.79 Å². The van der Waals surface area contributed by atoms with E-state index in [9.17, 15) is 13.2 Å². The molecule has 0 radical (unpaired) electrons. The van der Waals surface area contributed by atoms with Crippen molar-refractivity contribution in [3.8, 4) is 0 Å². The first kappa shape index (κ1) is 18.2. The molecule has 1 aliphatic heterocycles. The minimum Gasteiger partial charge on any atom is -0.317 e. The number of nitrogens with zero attached hydrogens (tertiary/aromatic N) is 1. The Morgan fingerprint density at radius 2 is 1.96 bits per heavy atom.